The van der Waals surface area contributed by atoms with Gasteiger partial charge < -0.3 is 23.5 Å². The van der Waals surface area contributed by atoms with Crippen LogP contribution < -0.4 is 26.2 Å². The molecule has 15 aromatic rings. The van der Waals surface area contributed by atoms with E-state index in [1.54, 1.807) is 0 Å². The number of benzene rings is 12. The molecule has 6 nitrogen and oxygen atoms in total. The summed E-state index contributed by atoms with van der Waals surface area (Å²) in [5, 5.41) is 19.6. The minimum Gasteiger partial charge on any atom is -0.311 e. The van der Waals surface area contributed by atoms with Gasteiger partial charge in [0.1, 0.15) is 11.6 Å². The second-order valence-corrected chi connectivity index (χ2v) is 33.4. The third-order valence-corrected chi connectivity index (χ3v) is 21.8. The van der Waals surface area contributed by atoms with Crippen molar-refractivity contribution in [1.29, 1.82) is 5.26 Å². The van der Waals surface area contributed by atoms with Gasteiger partial charge in [-0.3, -0.25) is 0 Å². The molecular formula is C93H85BN6. The van der Waals surface area contributed by atoms with Gasteiger partial charge in [-0.25, -0.2) is 0 Å². The first-order valence-corrected chi connectivity index (χ1v) is 35.7. The van der Waals surface area contributed by atoms with Gasteiger partial charge in [0.15, 0.2) is 0 Å². The van der Waals surface area contributed by atoms with Crippen LogP contribution in [-0.4, -0.2) is 20.4 Å². The summed E-state index contributed by atoms with van der Waals surface area (Å²) in [7, 11) is 0. The molecule has 3 aromatic heterocycles. The maximum absolute atomic E-state index is 12.3. The molecule has 12 aromatic carbocycles. The van der Waals surface area contributed by atoms with E-state index in [2.05, 4.69) is 376 Å². The van der Waals surface area contributed by atoms with Crippen LogP contribution >= 0.6 is 0 Å². The van der Waals surface area contributed by atoms with Crippen LogP contribution in [0.2, 0.25) is 0 Å². The lowest BCUT2D eigenvalue weighted by molar-refractivity contribution is 0.590. The van der Waals surface area contributed by atoms with E-state index in [0.717, 1.165) is 101 Å². The summed E-state index contributed by atoms with van der Waals surface area (Å²) in [4.78, 5) is 5.06. The minimum atomic E-state index is -0.320. The lowest BCUT2D eigenvalue weighted by atomic mass is 9.33. The fourth-order valence-electron chi connectivity index (χ4n) is 16.3. The van der Waals surface area contributed by atoms with Gasteiger partial charge in [-0.1, -0.05) is 225 Å². The summed E-state index contributed by atoms with van der Waals surface area (Å²) in [6.07, 6.45) is 0. The molecule has 0 fully saturated rings. The van der Waals surface area contributed by atoms with E-state index in [4.69, 9.17) is 0 Å². The third kappa shape index (κ3) is 9.79. The van der Waals surface area contributed by atoms with Crippen LogP contribution in [0.5, 0.6) is 0 Å². The monoisotopic (exact) mass is 1300 g/mol. The Labute approximate surface area is 589 Å². The molecule has 0 saturated heterocycles. The molecule has 0 radical (unpaired) electrons. The van der Waals surface area contributed by atoms with Crippen LogP contribution in [0.3, 0.4) is 0 Å². The summed E-state index contributed by atoms with van der Waals surface area (Å²) in [5.74, 6) is 0. The van der Waals surface area contributed by atoms with E-state index in [-0.39, 0.29) is 33.8 Å². The average Bonchev–Trinajstić information content (AvgIpc) is 0.865. The van der Waals surface area contributed by atoms with Gasteiger partial charge in [-0.05, 0) is 204 Å². The minimum absolute atomic E-state index is 0.0449. The highest BCUT2D eigenvalue weighted by atomic mass is 15.2. The molecular weight excluding hydrogens is 1210 g/mol. The van der Waals surface area contributed by atoms with Crippen molar-refractivity contribution in [3.8, 4) is 34.3 Å². The van der Waals surface area contributed by atoms with E-state index < -0.39 is 0 Å². The van der Waals surface area contributed by atoms with E-state index in [0.29, 0.717) is 5.56 Å². The summed E-state index contributed by atoms with van der Waals surface area (Å²) >= 11 is 0. The van der Waals surface area contributed by atoms with Crippen LogP contribution in [0.4, 0.5) is 34.1 Å². The molecule has 490 valence electrons. The maximum atomic E-state index is 12.3. The Hall–Kier alpha value is -10.8. The number of hydrogen-bond donors (Lipinski definition) is 0. The van der Waals surface area contributed by atoms with Crippen LogP contribution in [-0.2, 0) is 27.1 Å². The molecule has 2 aliphatic heterocycles. The van der Waals surface area contributed by atoms with Crippen LogP contribution in [0.1, 0.15) is 137 Å². The first-order valence-electron chi connectivity index (χ1n) is 35.7. The fraction of sp³-hybridized carbons (Fsp3) is 0.215. The Morgan fingerprint density at radius 2 is 0.660 bits per heavy atom. The number of para-hydroxylation sites is 2. The molecule has 0 unspecified atom stereocenters. The zero-order valence-corrected chi connectivity index (χ0v) is 60.4. The van der Waals surface area contributed by atoms with E-state index in [1.165, 1.54) is 71.3 Å². The largest absolute Gasteiger partial charge is 0.311 e. The predicted octanol–water partition coefficient (Wildman–Crippen LogP) is 23.1. The van der Waals surface area contributed by atoms with Crippen molar-refractivity contribution >= 4 is 123 Å². The van der Waals surface area contributed by atoms with Crippen molar-refractivity contribution in [3.05, 3.63) is 276 Å². The Kier molecular flexibility index (Phi) is 13.9. The van der Waals surface area contributed by atoms with Gasteiger partial charge in [0, 0.05) is 72.1 Å². The standard InChI is InChI=1S/C93H85BN6/c1-89(2,3)59-35-43-80-69(48-59)70-49-60(90(4,5)6)36-44-81(70)96(80)65-39-41-74-84(54-65)98(64-28-23-27-58(47-64)57-25-17-16-18-26-57)86-52-63(93(13,14)15)53-87-88(86)94(74)75-42-40-66(97-82-45-37-61(91(7,8)9)50-71(82)72-51-62(92(10,11)12)38-46-83(72)97)55-85(75)100(87)79-34-24-33-78(73(79)56-95)99-76-31-21-19-29-67(76)68-30-20-22-32-77(68)99/h16-55H,1-15H3. The number of fused-ring (bicyclic) bond motifs is 13. The topological polar surface area (TPSA) is 45.1 Å². The van der Waals surface area contributed by atoms with Crippen LogP contribution in [0.15, 0.2) is 243 Å². The van der Waals surface area contributed by atoms with Crippen molar-refractivity contribution in [3.63, 3.8) is 0 Å². The molecule has 0 aliphatic carbocycles. The molecule has 0 N–H and O–H groups in total. The van der Waals surface area contributed by atoms with Crippen molar-refractivity contribution in [2.24, 2.45) is 0 Å². The fourth-order valence-corrected chi connectivity index (χ4v) is 16.3. The second kappa shape index (κ2) is 22.1. The number of aromatic nitrogens is 3. The summed E-state index contributed by atoms with van der Waals surface area (Å²) in [6.45, 7) is 34.6. The van der Waals surface area contributed by atoms with Crippen LogP contribution in [0, 0.1) is 11.3 Å². The highest BCUT2D eigenvalue weighted by Gasteiger charge is 2.45. The molecule has 0 saturated carbocycles. The highest BCUT2D eigenvalue weighted by molar-refractivity contribution is 7.00. The van der Waals surface area contributed by atoms with Gasteiger partial charge >= 0.3 is 0 Å². The van der Waals surface area contributed by atoms with Crippen molar-refractivity contribution in [1.82, 2.24) is 13.7 Å². The zero-order valence-electron chi connectivity index (χ0n) is 60.4. The normalized spacial score (nSPS) is 13.5. The van der Waals surface area contributed by atoms with Gasteiger partial charge in [0.25, 0.3) is 6.71 Å². The third-order valence-electron chi connectivity index (χ3n) is 21.8. The Balaban J connectivity index is 0.991. The number of hydrogen-bond acceptors (Lipinski definition) is 3. The quantitative estimate of drug-likeness (QED) is 0.156. The van der Waals surface area contributed by atoms with Crippen molar-refractivity contribution < 1.29 is 0 Å². The summed E-state index contributed by atoms with van der Waals surface area (Å²) < 4.78 is 7.33. The lowest BCUT2D eigenvalue weighted by Gasteiger charge is -2.45. The van der Waals surface area contributed by atoms with E-state index in [1.807, 2.05) is 0 Å². The SMILES string of the molecule is CC(C)(C)c1cc2c3c(c1)N(c1cccc(-n4c5ccccc5c5ccccc54)c1C#N)c1cc(-n4c5ccc(C(C)(C)C)cc5c5cc(C(C)(C)C)ccc54)ccc1B3c1ccc(-n3c4ccc(C(C)(C)C)cc4c4cc(C(C)(C)C)ccc43)cc1N2c1cccc(-c2ccccc2)c1. The van der Waals surface area contributed by atoms with Crippen molar-refractivity contribution in [2.45, 2.75) is 131 Å². The number of rotatable bonds is 6. The first-order chi connectivity index (χ1) is 47.7. The average molecular weight is 1300 g/mol. The molecule has 7 heteroatoms. The Bertz CT molecular complexity index is 5770. The second-order valence-electron chi connectivity index (χ2n) is 33.4. The summed E-state index contributed by atoms with van der Waals surface area (Å²) in [6, 6.07) is 94.7. The number of nitriles is 1. The zero-order chi connectivity index (χ0) is 69.4. The predicted molar refractivity (Wildman–Crippen MR) is 427 cm³/mol. The van der Waals surface area contributed by atoms with Gasteiger partial charge in [-0.2, -0.15) is 5.26 Å². The highest BCUT2D eigenvalue weighted by Crippen LogP contribution is 2.51. The summed E-state index contributed by atoms with van der Waals surface area (Å²) in [5.41, 5.74) is 28.2. The van der Waals surface area contributed by atoms with E-state index >= 15 is 0 Å². The molecule has 0 spiro atoms. The molecule has 100 heavy (non-hydrogen) atoms. The molecule has 17 rings (SSSR count). The van der Waals surface area contributed by atoms with Crippen molar-refractivity contribution in [2.75, 3.05) is 9.80 Å². The Morgan fingerprint density at radius 1 is 0.270 bits per heavy atom. The van der Waals surface area contributed by atoms with E-state index in [9.17, 15) is 5.26 Å². The molecule has 5 heterocycles. The molecule has 2 aliphatic rings. The Morgan fingerprint density at radius 3 is 1.11 bits per heavy atom. The van der Waals surface area contributed by atoms with Crippen LogP contribution in [0.25, 0.3) is 93.6 Å². The molecule has 0 atom stereocenters. The number of anilines is 6. The van der Waals surface area contributed by atoms with Gasteiger partial charge in [0.2, 0.25) is 0 Å². The first kappa shape index (κ1) is 62.7. The number of nitrogens with zero attached hydrogens (tertiary/aromatic N) is 6. The molecule has 0 amide bonds. The lowest BCUT2D eigenvalue weighted by Crippen LogP contribution is -2.61. The van der Waals surface area contributed by atoms with Gasteiger partial charge in [-0.15, -0.1) is 0 Å². The van der Waals surface area contributed by atoms with Gasteiger partial charge in [0.05, 0.1) is 44.5 Å². The smallest absolute Gasteiger partial charge is 0.252 e. The molecule has 0 bridgehead atoms. The maximum Gasteiger partial charge on any atom is 0.252 e.